The van der Waals surface area contributed by atoms with Crippen LogP contribution in [0.5, 0.6) is 0 Å². The minimum Gasteiger partial charge on any atom is -0.512 e. The van der Waals surface area contributed by atoms with Gasteiger partial charge in [0.25, 0.3) is 11.8 Å². The van der Waals surface area contributed by atoms with Crippen LogP contribution in [0.3, 0.4) is 0 Å². The van der Waals surface area contributed by atoms with Crippen LogP contribution in [0.15, 0.2) is 23.0 Å². The van der Waals surface area contributed by atoms with Crippen molar-refractivity contribution in [1.29, 1.82) is 0 Å². The lowest BCUT2D eigenvalue weighted by Crippen LogP contribution is -2.46. The number of aliphatic hydroxyl groups excluding tert-OH is 1. The Morgan fingerprint density at radius 1 is 1.35 bits per heavy atom. The van der Waals surface area contributed by atoms with Crippen molar-refractivity contribution in [2.45, 2.75) is 45.6 Å². The first-order valence-corrected chi connectivity index (χ1v) is 5.98. The molecule has 0 aromatic rings. The fourth-order valence-electron chi connectivity index (χ4n) is 2.66. The van der Waals surface area contributed by atoms with Gasteiger partial charge in [0, 0.05) is 12.1 Å². The topological polar surface area (TPSA) is 57.6 Å². The van der Waals surface area contributed by atoms with Crippen LogP contribution in [0.2, 0.25) is 0 Å². The zero-order chi connectivity index (χ0) is 12.6. The predicted octanol–water partition coefficient (Wildman–Crippen LogP) is 2.08. The molecule has 4 nitrogen and oxygen atoms in total. The number of carbonyl (C=O) groups is 2. The number of nitrogens with zero attached hydrogens (tertiary/aromatic N) is 1. The smallest absolute Gasteiger partial charge is 0.264 e. The van der Waals surface area contributed by atoms with Gasteiger partial charge in [0.05, 0.1) is 5.57 Å². The molecule has 2 aliphatic rings. The minimum atomic E-state index is -0.345. The van der Waals surface area contributed by atoms with Gasteiger partial charge >= 0.3 is 0 Å². The Balaban J connectivity index is 2.39. The van der Waals surface area contributed by atoms with Crippen LogP contribution in [-0.4, -0.2) is 27.9 Å². The summed E-state index contributed by atoms with van der Waals surface area (Å²) in [5.74, 6) is -0.606. The maximum Gasteiger partial charge on any atom is 0.264 e. The molecule has 0 spiro atoms. The summed E-state index contributed by atoms with van der Waals surface area (Å²) in [6.45, 7) is 3.16. The van der Waals surface area contributed by atoms with Crippen LogP contribution in [0.25, 0.3) is 0 Å². The zero-order valence-electron chi connectivity index (χ0n) is 10.2. The zero-order valence-corrected chi connectivity index (χ0v) is 10.2. The summed E-state index contributed by atoms with van der Waals surface area (Å²) in [5, 5.41) is 9.54. The Labute approximate surface area is 101 Å². The van der Waals surface area contributed by atoms with E-state index in [0.717, 1.165) is 25.7 Å². The van der Waals surface area contributed by atoms with Crippen LogP contribution in [0.1, 0.15) is 39.5 Å². The fraction of sp³-hybridized carbons (Fsp3) is 0.538. The highest BCUT2D eigenvalue weighted by atomic mass is 16.3. The fourth-order valence-corrected chi connectivity index (χ4v) is 2.66. The largest absolute Gasteiger partial charge is 0.512 e. The van der Waals surface area contributed by atoms with Crippen molar-refractivity contribution in [3.8, 4) is 0 Å². The molecule has 0 radical (unpaired) electrons. The summed E-state index contributed by atoms with van der Waals surface area (Å²) in [6.07, 6.45) is 5.31. The van der Waals surface area contributed by atoms with Gasteiger partial charge in [0.2, 0.25) is 0 Å². The summed E-state index contributed by atoms with van der Waals surface area (Å²) in [5.41, 5.74) is 0.825. The monoisotopic (exact) mass is 235 g/mol. The van der Waals surface area contributed by atoms with E-state index >= 15 is 0 Å². The molecule has 1 heterocycles. The Bertz CT molecular complexity index is 424. The molecule has 0 unspecified atom stereocenters. The summed E-state index contributed by atoms with van der Waals surface area (Å²) < 4.78 is 0. The highest BCUT2D eigenvalue weighted by Gasteiger charge is 2.36. The number of imide groups is 1. The molecule has 1 aliphatic heterocycles. The highest BCUT2D eigenvalue weighted by molar-refractivity contribution is 6.14. The number of aliphatic hydroxyl groups is 1. The van der Waals surface area contributed by atoms with Crippen LogP contribution in [-0.2, 0) is 9.59 Å². The first-order valence-electron chi connectivity index (χ1n) is 5.98. The van der Waals surface area contributed by atoms with Crippen molar-refractivity contribution in [3.05, 3.63) is 23.0 Å². The van der Waals surface area contributed by atoms with Crippen LogP contribution >= 0.6 is 0 Å². The summed E-state index contributed by atoms with van der Waals surface area (Å²) in [4.78, 5) is 25.4. The van der Waals surface area contributed by atoms with Crippen LogP contribution < -0.4 is 0 Å². The number of rotatable bonds is 1. The van der Waals surface area contributed by atoms with Gasteiger partial charge in [-0.15, -0.1) is 0 Å². The standard InChI is InChI=1S/C13H17NO3/c1-8-7-11(16)14(10-5-3-4-6-10)13(17)12(8)9(2)15/h7,10,15H,3-6H2,1-2H3/b12-9-. The molecule has 1 fully saturated rings. The van der Waals surface area contributed by atoms with Crippen molar-refractivity contribution in [2.75, 3.05) is 0 Å². The first-order chi connectivity index (χ1) is 8.02. The molecular formula is C13H17NO3. The molecule has 0 saturated heterocycles. The van der Waals surface area contributed by atoms with E-state index in [1.807, 2.05) is 0 Å². The van der Waals surface area contributed by atoms with E-state index in [2.05, 4.69) is 0 Å². The van der Waals surface area contributed by atoms with E-state index < -0.39 is 0 Å². The third kappa shape index (κ3) is 1.99. The van der Waals surface area contributed by atoms with E-state index in [4.69, 9.17) is 0 Å². The maximum atomic E-state index is 12.2. The summed E-state index contributed by atoms with van der Waals surface area (Å²) >= 11 is 0. The molecule has 4 heteroatoms. The van der Waals surface area contributed by atoms with Crippen molar-refractivity contribution in [2.24, 2.45) is 0 Å². The molecule has 1 aliphatic carbocycles. The molecule has 0 bridgehead atoms. The van der Waals surface area contributed by atoms with Crippen molar-refractivity contribution >= 4 is 11.8 Å². The lowest BCUT2D eigenvalue weighted by atomic mass is 9.98. The second-order valence-electron chi connectivity index (χ2n) is 4.74. The van der Waals surface area contributed by atoms with Gasteiger partial charge in [-0.2, -0.15) is 0 Å². The van der Waals surface area contributed by atoms with Gasteiger partial charge in [0.15, 0.2) is 0 Å². The normalized spacial score (nSPS) is 25.3. The third-order valence-electron chi connectivity index (χ3n) is 3.46. The van der Waals surface area contributed by atoms with E-state index in [0.29, 0.717) is 5.57 Å². The number of allylic oxidation sites excluding steroid dienone is 1. The van der Waals surface area contributed by atoms with Gasteiger partial charge < -0.3 is 5.11 Å². The van der Waals surface area contributed by atoms with E-state index in [1.54, 1.807) is 6.92 Å². The molecule has 1 saturated carbocycles. The van der Waals surface area contributed by atoms with Crippen molar-refractivity contribution in [3.63, 3.8) is 0 Å². The molecule has 2 amide bonds. The third-order valence-corrected chi connectivity index (χ3v) is 3.46. The molecule has 0 aromatic carbocycles. The van der Waals surface area contributed by atoms with Crippen molar-refractivity contribution < 1.29 is 14.7 Å². The second-order valence-corrected chi connectivity index (χ2v) is 4.74. The number of amides is 2. The molecular weight excluding hydrogens is 218 g/mol. The first kappa shape index (κ1) is 11.9. The quantitative estimate of drug-likeness (QED) is 0.430. The average molecular weight is 235 g/mol. The molecule has 0 aromatic heterocycles. The Morgan fingerprint density at radius 3 is 2.47 bits per heavy atom. The van der Waals surface area contributed by atoms with Crippen LogP contribution in [0.4, 0.5) is 0 Å². The molecule has 0 atom stereocenters. The maximum absolute atomic E-state index is 12.2. The number of hydrogen-bond acceptors (Lipinski definition) is 3. The lowest BCUT2D eigenvalue weighted by Gasteiger charge is -2.30. The van der Waals surface area contributed by atoms with Crippen molar-refractivity contribution in [1.82, 2.24) is 4.90 Å². The summed E-state index contributed by atoms with van der Waals surface area (Å²) in [6, 6.07) is 0.00806. The number of carbonyl (C=O) groups excluding carboxylic acids is 2. The van der Waals surface area contributed by atoms with Crippen LogP contribution in [0, 0.1) is 0 Å². The summed E-state index contributed by atoms with van der Waals surface area (Å²) in [7, 11) is 0. The Kier molecular flexibility index (Phi) is 3.05. The van der Waals surface area contributed by atoms with E-state index in [9.17, 15) is 14.7 Å². The molecule has 2 rings (SSSR count). The van der Waals surface area contributed by atoms with Gasteiger partial charge in [-0.1, -0.05) is 12.8 Å². The second kappa shape index (κ2) is 4.35. The van der Waals surface area contributed by atoms with Gasteiger partial charge in [-0.3, -0.25) is 14.5 Å². The van der Waals surface area contributed by atoms with E-state index in [1.165, 1.54) is 17.9 Å². The molecule has 17 heavy (non-hydrogen) atoms. The average Bonchev–Trinajstić information content (AvgIpc) is 2.69. The molecule has 1 N–H and O–H groups in total. The van der Waals surface area contributed by atoms with E-state index in [-0.39, 0.29) is 29.2 Å². The lowest BCUT2D eigenvalue weighted by molar-refractivity contribution is -0.142. The number of hydrogen-bond donors (Lipinski definition) is 1. The Morgan fingerprint density at radius 2 is 1.94 bits per heavy atom. The Hall–Kier alpha value is -1.58. The van der Waals surface area contributed by atoms with Gasteiger partial charge in [-0.05, 0) is 32.3 Å². The minimum absolute atomic E-state index is 0.00806. The SMILES string of the molecule is CC1=CC(=O)N(C2CCCC2)C(=O)/C1=C(/C)O. The van der Waals surface area contributed by atoms with Gasteiger partial charge in [0.1, 0.15) is 5.76 Å². The van der Waals surface area contributed by atoms with Gasteiger partial charge in [-0.25, -0.2) is 0 Å². The molecule has 92 valence electrons. The predicted molar refractivity (Wildman–Crippen MR) is 63.2 cm³/mol. The highest BCUT2D eigenvalue weighted by Crippen LogP contribution is 2.30.